The Kier molecular flexibility index (Phi) is 3.36. The van der Waals surface area contributed by atoms with Crippen LogP contribution in [-0.2, 0) is 6.42 Å². The summed E-state index contributed by atoms with van der Waals surface area (Å²) in [5, 5.41) is 0.737. The van der Waals surface area contributed by atoms with E-state index in [1.165, 1.54) is 12.8 Å². The van der Waals surface area contributed by atoms with Crippen LogP contribution in [0.15, 0.2) is 30.3 Å². The molecule has 3 N–H and O–H groups in total. The van der Waals surface area contributed by atoms with Crippen molar-refractivity contribution < 1.29 is 0 Å². The molecule has 0 atom stereocenters. The topological polar surface area (TPSA) is 63.8 Å². The molecule has 0 aliphatic heterocycles. The molecule has 1 saturated carbocycles. The minimum absolute atomic E-state index is 0.582. The Morgan fingerprint density at radius 2 is 1.95 bits per heavy atom. The van der Waals surface area contributed by atoms with Crippen LogP contribution in [0.2, 0.25) is 5.02 Å². The van der Waals surface area contributed by atoms with Crippen molar-refractivity contribution in [2.75, 3.05) is 5.43 Å². The molecule has 2 aromatic rings. The van der Waals surface area contributed by atoms with Gasteiger partial charge in [-0.15, -0.1) is 0 Å². The van der Waals surface area contributed by atoms with E-state index in [4.69, 9.17) is 17.4 Å². The van der Waals surface area contributed by atoms with E-state index in [0.29, 0.717) is 18.2 Å². The molecule has 4 nitrogen and oxygen atoms in total. The summed E-state index contributed by atoms with van der Waals surface area (Å²) in [7, 11) is 0. The molecule has 1 fully saturated rings. The van der Waals surface area contributed by atoms with Gasteiger partial charge in [-0.25, -0.2) is 15.8 Å². The highest BCUT2D eigenvalue weighted by atomic mass is 35.5. The monoisotopic (exact) mass is 274 g/mol. The number of hydrogen-bond acceptors (Lipinski definition) is 4. The van der Waals surface area contributed by atoms with Crippen molar-refractivity contribution in [2.24, 2.45) is 5.84 Å². The van der Waals surface area contributed by atoms with Crippen LogP contribution >= 0.6 is 11.6 Å². The number of hydrogen-bond donors (Lipinski definition) is 2. The van der Waals surface area contributed by atoms with Gasteiger partial charge in [0, 0.05) is 29.1 Å². The molecular formula is C14H15ClN4. The molecule has 1 aromatic carbocycles. The number of nitrogens with one attached hydrogen (secondary N) is 1. The maximum absolute atomic E-state index is 5.88. The van der Waals surface area contributed by atoms with Crippen LogP contribution in [0, 0.1) is 0 Å². The number of nitrogen functional groups attached to an aromatic ring is 1. The molecule has 0 saturated heterocycles. The SMILES string of the molecule is NNc1cc(C2CC2)nc(Cc2ccc(Cl)cc2)n1. The Morgan fingerprint density at radius 1 is 1.21 bits per heavy atom. The van der Waals surface area contributed by atoms with E-state index in [-0.39, 0.29) is 0 Å². The number of nitrogens with two attached hydrogens (primary N) is 1. The van der Waals surface area contributed by atoms with Crippen LogP contribution < -0.4 is 11.3 Å². The van der Waals surface area contributed by atoms with Gasteiger partial charge in [0.15, 0.2) is 0 Å². The molecule has 0 bridgehead atoms. The maximum Gasteiger partial charge on any atom is 0.143 e. The van der Waals surface area contributed by atoms with E-state index in [1.54, 1.807) is 0 Å². The van der Waals surface area contributed by atoms with Crippen molar-refractivity contribution in [1.82, 2.24) is 9.97 Å². The van der Waals surface area contributed by atoms with Crippen molar-refractivity contribution in [3.63, 3.8) is 0 Å². The van der Waals surface area contributed by atoms with Gasteiger partial charge in [-0.2, -0.15) is 0 Å². The number of benzene rings is 1. The number of hydrazine groups is 1. The number of aromatic nitrogens is 2. The fourth-order valence-corrected chi connectivity index (χ4v) is 2.17. The lowest BCUT2D eigenvalue weighted by molar-refractivity contribution is 0.899. The minimum Gasteiger partial charge on any atom is -0.308 e. The summed E-state index contributed by atoms with van der Waals surface area (Å²) in [5.74, 6) is 7.52. The Morgan fingerprint density at radius 3 is 2.58 bits per heavy atom. The van der Waals surface area contributed by atoms with E-state index in [9.17, 15) is 0 Å². The second-order valence-electron chi connectivity index (χ2n) is 4.82. The third-order valence-electron chi connectivity index (χ3n) is 3.21. The molecule has 0 amide bonds. The molecule has 1 aliphatic rings. The van der Waals surface area contributed by atoms with Gasteiger partial charge in [0.1, 0.15) is 11.6 Å². The molecule has 19 heavy (non-hydrogen) atoms. The van der Waals surface area contributed by atoms with Crippen LogP contribution in [-0.4, -0.2) is 9.97 Å². The predicted molar refractivity (Wildman–Crippen MR) is 76.1 cm³/mol. The van der Waals surface area contributed by atoms with Crippen molar-refractivity contribution in [2.45, 2.75) is 25.2 Å². The van der Waals surface area contributed by atoms with Crippen LogP contribution in [0.3, 0.4) is 0 Å². The summed E-state index contributed by atoms with van der Waals surface area (Å²) in [6, 6.07) is 9.67. The number of halogens is 1. The first-order valence-corrected chi connectivity index (χ1v) is 6.71. The summed E-state index contributed by atoms with van der Waals surface area (Å²) in [5.41, 5.74) is 4.84. The number of nitrogens with zero attached hydrogens (tertiary/aromatic N) is 2. The zero-order valence-corrected chi connectivity index (χ0v) is 11.2. The molecule has 1 aliphatic carbocycles. The zero-order chi connectivity index (χ0) is 13.2. The smallest absolute Gasteiger partial charge is 0.143 e. The Labute approximate surface area is 117 Å². The lowest BCUT2D eigenvalue weighted by Gasteiger charge is -2.07. The fourth-order valence-electron chi connectivity index (χ4n) is 2.04. The molecule has 1 aromatic heterocycles. The molecule has 1 heterocycles. The molecule has 0 spiro atoms. The molecule has 5 heteroatoms. The Balaban J connectivity index is 1.86. The number of anilines is 1. The minimum atomic E-state index is 0.582. The number of rotatable bonds is 4. The van der Waals surface area contributed by atoms with Crippen molar-refractivity contribution in [3.8, 4) is 0 Å². The van der Waals surface area contributed by atoms with Gasteiger partial charge in [-0.1, -0.05) is 23.7 Å². The summed E-state index contributed by atoms with van der Waals surface area (Å²) >= 11 is 5.88. The second kappa shape index (κ2) is 5.15. The van der Waals surface area contributed by atoms with E-state index < -0.39 is 0 Å². The summed E-state index contributed by atoms with van der Waals surface area (Å²) < 4.78 is 0. The Hall–Kier alpha value is -1.65. The molecule has 98 valence electrons. The summed E-state index contributed by atoms with van der Waals surface area (Å²) in [6.07, 6.45) is 3.11. The van der Waals surface area contributed by atoms with Crippen molar-refractivity contribution >= 4 is 17.4 Å². The van der Waals surface area contributed by atoms with E-state index in [2.05, 4.69) is 15.4 Å². The lowest BCUT2D eigenvalue weighted by Crippen LogP contribution is -2.11. The molecule has 3 rings (SSSR count). The third kappa shape index (κ3) is 3.03. The van der Waals surface area contributed by atoms with Gasteiger partial charge >= 0.3 is 0 Å². The molecule has 0 radical (unpaired) electrons. The average Bonchev–Trinajstić information content (AvgIpc) is 3.25. The normalized spacial score (nSPS) is 14.4. The van der Waals surface area contributed by atoms with Gasteiger partial charge in [0.2, 0.25) is 0 Å². The van der Waals surface area contributed by atoms with Crippen molar-refractivity contribution in [3.05, 3.63) is 52.4 Å². The quantitative estimate of drug-likeness (QED) is 0.665. The largest absolute Gasteiger partial charge is 0.308 e. The van der Waals surface area contributed by atoms with Crippen molar-refractivity contribution in [1.29, 1.82) is 0 Å². The van der Waals surface area contributed by atoms with Crippen LogP contribution in [0.5, 0.6) is 0 Å². The lowest BCUT2D eigenvalue weighted by atomic mass is 10.1. The Bertz CT molecular complexity index is 578. The zero-order valence-electron chi connectivity index (χ0n) is 10.4. The third-order valence-corrected chi connectivity index (χ3v) is 3.46. The fraction of sp³-hybridized carbons (Fsp3) is 0.286. The first-order valence-electron chi connectivity index (χ1n) is 6.33. The summed E-state index contributed by atoms with van der Waals surface area (Å²) in [6.45, 7) is 0. The second-order valence-corrected chi connectivity index (χ2v) is 5.25. The predicted octanol–water partition coefficient (Wildman–Crippen LogP) is 2.88. The van der Waals surface area contributed by atoms with Gasteiger partial charge in [0.25, 0.3) is 0 Å². The van der Waals surface area contributed by atoms with Gasteiger partial charge in [-0.3, -0.25) is 0 Å². The highest BCUT2D eigenvalue weighted by molar-refractivity contribution is 6.30. The average molecular weight is 275 g/mol. The molecular weight excluding hydrogens is 260 g/mol. The van der Waals surface area contributed by atoms with Crippen LogP contribution in [0.1, 0.15) is 35.8 Å². The standard InChI is InChI=1S/C14H15ClN4/c15-11-5-1-9(2-6-11)7-13-17-12(10-3-4-10)8-14(18-13)19-16/h1-2,5-6,8,10H,3-4,7,16H2,(H,17,18,19). The first-order chi connectivity index (χ1) is 9.24. The van der Waals surface area contributed by atoms with Gasteiger partial charge < -0.3 is 5.43 Å². The summed E-state index contributed by atoms with van der Waals surface area (Å²) in [4.78, 5) is 9.02. The highest BCUT2D eigenvalue weighted by Gasteiger charge is 2.26. The van der Waals surface area contributed by atoms with Gasteiger partial charge in [-0.05, 0) is 30.5 Å². The van der Waals surface area contributed by atoms with Gasteiger partial charge in [0.05, 0.1) is 0 Å². The maximum atomic E-state index is 5.88. The highest BCUT2D eigenvalue weighted by Crippen LogP contribution is 2.39. The van der Waals surface area contributed by atoms with Crippen LogP contribution in [0.4, 0.5) is 5.82 Å². The molecule has 0 unspecified atom stereocenters. The first kappa shape index (κ1) is 12.4. The van der Waals surface area contributed by atoms with E-state index >= 15 is 0 Å². The van der Waals surface area contributed by atoms with Crippen LogP contribution in [0.25, 0.3) is 0 Å². The van der Waals surface area contributed by atoms with E-state index in [1.807, 2.05) is 30.3 Å². The van der Waals surface area contributed by atoms with E-state index in [0.717, 1.165) is 22.1 Å².